The molecule has 4 heterocycles. The van der Waals surface area contributed by atoms with Crippen molar-refractivity contribution in [3.05, 3.63) is 118 Å². The summed E-state index contributed by atoms with van der Waals surface area (Å²) in [6.45, 7) is 0. The maximum atomic E-state index is 13.4. The molecule has 0 amide bonds. The highest BCUT2D eigenvalue weighted by atomic mass is 32.1. The lowest BCUT2D eigenvalue weighted by atomic mass is 10.0. The lowest BCUT2D eigenvalue weighted by molar-refractivity contribution is 0.0990. The highest BCUT2D eigenvalue weighted by molar-refractivity contribution is 7.30. The van der Waals surface area contributed by atoms with E-state index in [1.54, 1.807) is 40.1 Å². The zero-order valence-corrected chi connectivity index (χ0v) is 22.3. The number of allylic oxidation sites excluding steroid dienone is 1. The standard InChI is InChI=1S/C32H17NO2S3/c34-29-22-13-18-7-4-5-8-19(18)14-23(22)30(35)24(29)15-21-16-25-31(37-21)32-26(33(25)20-9-2-1-3-10-20)17-28(38-32)27-11-6-12-36-27/h1-17H. The van der Waals surface area contributed by atoms with Crippen LogP contribution >= 0.6 is 34.0 Å². The molecule has 8 rings (SSSR count). The second-order valence-electron chi connectivity index (χ2n) is 9.30. The molecule has 0 saturated heterocycles. The Kier molecular flexibility index (Phi) is 4.73. The third-order valence-electron chi connectivity index (χ3n) is 7.06. The summed E-state index contributed by atoms with van der Waals surface area (Å²) in [5.41, 5.74) is 4.59. The van der Waals surface area contributed by atoms with Crippen LogP contribution in [0.15, 0.2) is 102 Å². The molecular weight excluding hydrogens is 527 g/mol. The first-order valence-electron chi connectivity index (χ1n) is 12.2. The van der Waals surface area contributed by atoms with Gasteiger partial charge < -0.3 is 4.57 Å². The first-order valence-corrected chi connectivity index (χ1v) is 14.7. The number of hydrogen-bond donors (Lipinski definition) is 0. The summed E-state index contributed by atoms with van der Waals surface area (Å²) >= 11 is 5.17. The molecule has 180 valence electrons. The Morgan fingerprint density at radius 2 is 1.29 bits per heavy atom. The molecule has 0 atom stereocenters. The fraction of sp³-hybridized carbons (Fsp3) is 0. The average Bonchev–Trinajstić information content (AvgIpc) is 3.75. The van der Waals surface area contributed by atoms with Gasteiger partial charge in [-0.05, 0) is 64.7 Å². The van der Waals surface area contributed by atoms with Crippen LogP contribution in [0.5, 0.6) is 0 Å². The third kappa shape index (κ3) is 3.18. The molecular formula is C32H17NO2S3. The second-order valence-corrected chi connectivity index (χ2v) is 12.4. The maximum Gasteiger partial charge on any atom is 0.197 e. The van der Waals surface area contributed by atoms with Crippen molar-refractivity contribution < 1.29 is 9.59 Å². The Balaban J connectivity index is 1.31. The fourth-order valence-corrected chi connectivity index (χ4v) is 8.52. The molecule has 1 aliphatic rings. The average molecular weight is 544 g/mol. The van der Waals surface area contributed by atoms with E-state index in [0.717, 1.165) is 26.9 Å². The summed E-state index contributed by atoms with van der Waals surface area (Å²) in [6.07, 6.45) is 1.79. The minimum absolute atomic E-state index is 0.193. The number of aromatic nitrogens is 1. The van der Waals surface area contributed by atoms with Crippen LogP contribution in [-0.2, 0) is 0 Å². The molecule has 0 saturated carbocycles. The van der Waals surface area contributed by atoms with Gasteiger partial charge in [0.25, 0.3) is 0 Å². The van der Waals surface area contributed by atoms with Crippen LogP contribution < -0.4 is 0 Å². The molecule has 0 unspecified atom stereocenters. The van der Waals surface area contributed by atoms with E-state index in [-0.39, 0.29) is 17.1 Å². The molecule has 0 radical (unpaired) electrons. The number of thiophene rings is 3. The molecule has 0 N–H and O–H groups in total. The number of fused-ring (bicyclic) bond motifs is 5. The molecule has 7 aromatic rings. The summed E-state index contributed by atoms with van der Waals surface area (Å²) in [6, 6.07) is 30.5. The lowest BCUT2D eigenvalue weighted by Crippen LogP contribution is -1.99. The third-order valence-corrected chi connectivity index (χ3v) is 10.5. The van der Waals surface area contributed by atoms with E-state index in [1.165, 1.54) is 24.7 Å². The van der Waals surface area contributed by atoms with Gasteiger partial charge in [-0.2, -0.15) is 0 Å². The molecule has 0 aliphatic heterocycles. The van der Waals surface area contributed by atoms with Crippen LogP contribution in [-0.4, -0.2) is 16.1 Å². The van der Waals surface area contributed by atoms with Gasteiger partial charge in [0, 0.05) is 31.4 Å². The zero-order chi connectivity index (χ0) is 25.4. The minimum Gasteiger partial charge on any atom is -0.307 e. The van der Waals surface area contributed by atoms with Gasteiger partial charge >= 0.3 is 0 Å². The van der Waals surface area contributed by atoms with Crippen molar-refractivity contribution in [3.8, 4) is 15.4 Å². The Hall–Kier alpha value is -4.10. The van der Waals surface area contributed by atoms with Crippen molar-refractivity contribution in [2.75, 3.05) is 0 Å². The van der Waals surface area contributed by atoms with Gasteiger partial charge in [-0.3, -0.25) is 9.59 Å². The topological polar surface area (TPSA) is 39.1 Å². The minimum atomic E-state index is -0.193. The van der Waals surface area contributed by atoms with Crippen LogP contribution in [0.25, 0.3) is 52.7 Å². The van der Waals surface area contributed by atoms with Crippen molar-refractivity contribution in [2.45, 2.75) is 0 Å². The van der Waals surface area contributed by atoms with E-state index in [9.17, 15) is 9.59 Å². The summed E-state index contributed by atoms with van der Waals surface area (Å²) in [7, 11) is 0. The summed E-state index contributed by atoms with van der Waals surface area (Å²) in [4.78, 5) is 30.1. The number of para-hydroxylation sites is 1. The zero-order valence-electron chi connectivity index (χ0n) is 19.8. The molecule has 0 fully saturated rings. The normalized spacial score (nSPS) is 13.3. The van der Waals surface area contributed by atoms with E-state index >= 15 is 0 Å². The summed E-state index contributed by atoms with van der Waals surface area (Å²) in [5, 5.41) is 4.04. The highest BCUT2D eigenvalue weighted by Gasteiger charge is 2.33. The number of carbonyl (C=O) groups is 2. The lowest BCUT2D eigenvalue weighted by Gasteiger charge is -2.05. The molecule has 1 aliphatic carbocycles. The Morgan fingerprint density at radius 3 is 1.97 bits per heavy atom. The van der Waals surface area contributed by atoms with Crippen molar-refractivity contribution in [2.24, 2.45) is 0 Å². The van der Waals surface area contributed by atoms with Crippen molar-refractivity contribution in [1.29, 1.82) is 0 Å². The predicted octanol–water partition coefficient (Wildman–Crippen LogP) is 9.25. The Morgan fingerprint density at radius 1 is 0.632 bits per heavy atom. The van der Waals surface area contributed by atoms with Crippen molar-refractivity contribution in [1.82, 2.24) is 4.57 Å². The van der Waals surface area contributed by atoms with E-state index < -0.39 is 0 Å². The van der Waals surface area contributed by atoms with Crippen molar-refractivity contribution in [3.63, 3.8) is 0 Å². The van der Waals surface area contributed by atoms with Crippen LogP contribution in [0.4, 0.5) is 0 Å². The largest absolute Gasteiger partial charge is 0.307 e. The number of benzene rings is 3. The molecule has 3 nitrogen and oxygen atoms in total. The number of rotatable bonds is 3. The Labute approximate surface area is 229 Å². The van der Waals surface area contributed by atoms with E-state index in [0.29, 0.717) is 11.1 Å². The molecule has 38 heavy (non-hydrogen) atoms. The molecule has 0 bridgehead atoms. The predicted molar refractivity (Wildman–Crippen MR) is 160 cm³/mol. The van der Waals surface area contributed by atoms with Crippen LogP contribution in [0.3, 0.4) is 0 Å². The van der Waals surface area contributed by atoms with Crippen LogP contribution in [0, 0.1) is 0 Å². The second kappa shape index (κ2) is 8.20. The van der Waals surface area contributed by atoms with E-state index in [2.05, 4.69) is 46.3 Å². The van der Waals surface area contributed by atoms with Gasteiger partial charge in [-0.25, -0.2) is 0 Å². The molecule has 6 heteroatoms. The van der Waals surface area contributed by atoms with Gasteiger partial charge in [-0.1, -0.05) is 48.5 Å². The van der Waals surface area contributed by atoms with Gasteiger partial charge in [0.05, 0.1) is 26.0 Å². The summed E-state index contributed by atoms with van der Waals surface area (Å²) in [5.74, 6) is -0.387. The number of hydrogen-bond acceptors (Lipinski definition) is 5. The van der Waals surface area contributed by atoms with Gasteiger partial charge in [0.2, 0.25) is 0 Å². The highest BCUT2D eigenvalue weighted by Crippen LogP contribution is 2.46. The van der Waals surface area contributed by atoms with Gasteiger partial charge in [0.1, 0.15) is 0 Å². The maximum absolute atomic E-state index is 13.4. The fourth-order valence-electron chi connectivity index (χ4n) is 5.32. The summed E-state index contributed by atoms with van der Waals surface area (Å²) < 4.78 is 4.68. The first kappa shape index (κ1) is 21.9. The number of Topliss-reactive ketones (excluding diaryl/α,β-unsaturated/α-hetero) is 2. The quantitative estimate of drug-likeness (QED) is 0.165. The van der Waals surface area contributed by atoms with E-state index in [1.807, 2.05) is 54.6 Å². The van der Waals surface area contributed by atoms with Gasteiger partial charge in [0.15, 0.2) is 11.6 Å². The number of ketones is 2. The monoisotopic (exact) mass is 543 g/mol. The first-order chi connectivity index (χ1) is 18.7. The van der Waals surface area contributed by atoms with E-state index in [4.69, 9.17) is 0 Å². The molecule has 3 aromatic carbocycles. The SMILES string of the molecule is O=C1C(=Cc2cc3c(s2)c2sc(-c4cccs4)cc2n3-c2ccccc2)C(=O)c2cc3ccccc3cc21. The Bertz CT molecular complexity index is 2050. The van der Waals surface area contributed by atoms with Crippen LogP contribution in [0.1, 0.15) is 25.6 Å². The smallest absolute Gasteiger partial charge is 0.197 e. The van der Waals surface area contributed by atoms with Crippen LogP contribution in [0.2, 0.25) is 0 Å². The molecule has 4 aromatic heterocycles. The van der Waals surface area contributed by atoms with Gasteiger partial charge in [-0.15, -0.1) is 34.0 Å². The number of nitrogens with zero attached hydrogens (tertiary/aromatic N) is 1. The number of carbonyl (C=O) groups excluding carboxylic acids is 2. The van der Waals surface area contributed by atoms with Crippen molar-refractivity contribution >= 4 is 82.9 Å². The molecule has 0 spiro atoms.